The molecule has 3 aromatic rings. The largest absolute Gasteiger partial charge is 0.271 e. The van der Waals surface area contributed by atoms with Crippen LogP contribution in [0.15, 0.2) is 53.6 Å². The van der Waals surface area contributed by atoms with Crippen molar-refractivity contribution in [2.45, 2.75) is 13.0 Å². The number of hydrogen-bond acceptors (Lipinski definition) is 4. The van der Waals surface area contributed by atoms with Crippen LogP contribution in [0.5, 0.6) is 0 Å². The maximum Gasteiger partial charge on any atom is 0.264 e. The molecular weight excluding hydrogens is 297 g/mol. The van der Waals surface area contributed by atoms with Crippen LogP contribution in [0, 0.1) is 5.82 Å². The number of nitrogens with one attached hydrogen (secondary N) is 1. The molecule has 7 heteroatoms. The molecule has 116 valence electrons. The third-order valence-corrected chi connectivity index (χ3v) is 3.41. The highest BCUT2D eigenvalue weighted by Gasteiger charge is 2.18. The van der Waals surface area contributed by atoms with Gasteiger partial charge in [0, 0.05) is 5.56 Å². The van der Waals surface area contributed by atoms with E-state index in [9.17, 15) is 9.18 Å². The van der Waals surface area contributed by atoms with E-state index in [2.05, 4.69) is 20.8 Å². The maximum atomic E-state index is 13.4. The minimum Gasteiger partial charge on any atom is -0.271 e. The minimum atomic E-state index is -0.597. The Bertz CT molecular complexity index is 874. The number of amides is 1. The first-order valence-electron chi connectivity index (χ1n) is 7.04. The first-order chi connectivity index (χ1) is 11.2. The number of benzene rings is 2. The number of rotatable bonds is 4. The Kier molecular flexibility index (Phi) is 4.09. The van der Waals surface area contributed by atoms with E-state index >= 15 is 0 Å². The van der Waals surface area contributed by atoms with Gasteiger partial charge in [0.25, 0.3) is 5.91 Å². The second-order valence-electron chi connectivity index (χ2n) is 4.95. The molecule has 6 nitrogen and oxygen atoms in total. The van der Waals surface area contributed by atoms with Crippen LogP contribution in [0.4, 0.5) is 4.39 Å². The second kappa shape index (κ2) is 6.35. The van der Waals surface area contributed by atoms with Crippen LogP contribution in [0.3, 0.4) is 0 Å². The summed E-state index contributed by atoms with van der Waals surface area (Å²) in [5.74, 6) is -0.769. The van der Waals surface area contributed by atoms with Crippen molar-refractivity contribution in [3.63, 3.8) is 0 Å². The smallest absolute Gasteiger partial charge is 0.264 e. The van der Waals surface area contributed by atoms with E-state index in [1.54, 1.807) is 25.1 Å². The summed E-state index contributed by atoms with van der Waals surface area (Å²) < 4.78 is 15.0. The molecule has 0 aliphatic heterocycles. The zero-order valence-corrected chi connectivity index (χ0v) is 12.3. The lowest BCUT2D eigenvalue weighted by molar-refractivity contribution is -0.124. The highest BCUT2D eigenvalue weighted by Crippen LogP contribution is 2.15. The number of fused-ring (bicyclic) bond motifs is 1. The Balaban J connectivity index is 1.72. The molecule has 1 heterocycles. The molecule has 23 heavy (non-hydrogen) atoms. The molecule has 0 fully saturated rings. The Labute approximate surface area is 131 Å². The summed E-state index contributed by atoms with van der Waals surface area (Å²) in [6.45, 7) is 1.69. The summed E-state index contributed by atoms with van der Waals surface area (Å²) in [7, 11) is 0. The van der Waals surface area contributed by atoms with Crippen molar-refractivity contribution in [3.8, 4) is 0 Å². The fourth-order valence-corrected chi connectivity index (χ4v) is 2.12. The molecule has 3 rings (SSSR count). The molecule has 0 radical (unpaired) electrons. The summed E-state index contributed by atoms with van der Waals surface area (Å²) in [6.07, 6.45) is 1.26. The molecule has 0 unspecified atom stereocenters. The Morgan fingerprint density at radius 1 is 1.26 bits per heavy atom. The van der Waals surface area contributed by atoms with Crippen LogP contribution in [-0.4, -0.2) is 27.1 Å². The molecule has 1 atom stereocenters. The normalized spacial score (nSPS) is 12.6. The van der Waals surface area contributed by atoms with Crippen molar-refractivity contribution in [2.24, 2.45) is 5.10 Å². The third kappa shape index (κ3) is 3.08. The summed E-state index contributed by atoms with van der Waals surface area (Å²) >= 11 is 0. The number of carbonyl (C=O) groups excluding carboxylic acids is 1. The molecule has 1 N–H and O–H groups in total. The Morgan fingerprint density at radius 2 is 2.00 bits per heavy atom. The van der Waals surface area contributed by atoms with Gasteiger partial charge >= 0.3 is 0 Å². The lowest BCUT2D eigenvalue weighted by atomic mass is 10.2. The van der Waals surface area contributed by atoms with Gasteiger partial charge < -0.3 is 0 Å². The van der Waals surface area contributed by atoms with E-state index in [-0.39, 0.29) is 5.91 Å². The fourth-order valence-electron chi connectivity index (χ4n) is 2.12. The van der Waals surface area contributed by atoms with Gasteiger partial charge in [0.05, 0.1) is 11.7 Å². The molecule has 1 amide bonds. The van der Waals surface area contributed by atoms with E-state index in [1.165, 1.54) is 17.0 Å². The van der Waals surface area contributed by atoms with Gasteiger partial charge in [0.15, 0.2) is 0 Å². The molecule has 1 aromatic heterocycles. The van der Waals surface area contributed by atoms with Gasteiger partial charge in [-0.1, -0.05) is 35.5 Å². The van der Waals surface area contributed by atoms with Crippen molar-refractivity contribution in [1.29, 1.82) is 0 Å². The van der Waals surface area contributed by atoms with E-state index in [4.69, 9.17) is 0 Å². The number of carbonyl (C=O) groups is 1. The number of halogens is 1. The fraction of sp³-hybridized carbons (Fsp3) is 0.125. The lowest BCUT2D eigenvalue weighted by Gasteiger charge is -2.10. The molecule has 2 aromatic carbocycles. The monoisotopic (exact) mass is 311 g/mol. The quantitative estimate of drug-likeness (QED) is 0.593. The van der Waals surface area contributed by atoms with Gasteiger partial charge in [-0.15, -0.1) is 5.10 Å². The van der Waals surface area contributed by atoms with Crippen LogP contribution in [0.1, 0.15) is 18.5 Å². The predicted molar refractivity (Wildman–Crippen MR) is 84.4 cm³/mol. The van der Waals surface area contributed by atoms with Crippen LogP contribution in [0.2, 0.25) is 0 Å². The minimum absolute atomic E-state index is 0.298. The van der Waals surface area contributed by atoms with Crippen molar-refractivity contribution < 1.29 is 9.18 Å². The molecule has 0 saturated carbocycles. The second-order valence-corrected chi connectivity index (χ2v) is 4.95. The SMILES string of the molecule is C[C@@H](C(=O)N/N=C\c1ccccc1F)n1nnc2ccccc21. The molecule has 0 bridgehead atoms. The molecule has 0 aliphatic rings. The molecular formula is C16H14FN5O. The van der Waals surface area contributed by atoms with Crippen LogP contribution in [-0.2, 0) is 4.79 Å². The Hall–Kier alpha value is -3.09. The summed E-state index contributed by atoms with van der Waals surface area (Å²) in [5, 5.41) is 11.8. The summed E-state index contributed by atoms with van der Waals surface area (Å²) in [4.78, 5) is 12.2. The zero-order valence-electron chi connectivity index (χ0n) is 12.3. The van der Waals surface area contributed by atoms with Crippen LogP contribution in [0.25, 0.3) is 11.0 Å². The van der Waals surface area contributed by atoms with Gasteiger partial charge in [-0.3, -0.25) is 4.79 Å². The van der Waals surface area contributed by atoms with Crippen molar-refractivity contribution in [3.05, 3.63) is 59.9 Å². The number of hydrazone groups is 1. The van der Waals surface area contributed by atoms with E-state index in [1.807, 2.05) is 24.3 Å². The van der Waals surface area contributed by atoms with Crippen molar-refractivity contribution >= 4 is 23.2 Å². The highest BCUT2D eigenvalue weighted by atomic mass is 19.1. The van der Waals surface area contributed by atoms with Gasteiger partial charge in [0.1, 0.15) is 17.4 Å². The maximum absolute atomic E-state index is 13.4. The average molecular weight is 311 g/mol. The van der Waals surface area contributed by atoms with Crippen molar-refractivity contribution in [1.82, 2.24) is 20.4 Å². The van der Waals surface area contributed by atoms with E-state index in [0.29, 0.717) is 11.1 Å². The van der Waals surface area contributed by atoms with Gasteiger partial charge in [-0.05, 0) is 25.1 Å². The lowest BCUT2D eigenvalue weighted by Crippen LogP contribution is -2.28. The van der Waals surface area contributed by atoms with Gasteiger partial charge in [0.2, 0.25) is 0 Å². The molecule has 0 spiro atoms. The standard InChI is InChI=1S/C16H14FN5O/c1-11(22-15-9-5-4-8-14(15)19-21-22)16(23)20-18-10-12-6-2-3-7-13(12)17/h2-11H,1H3,(H,20,23)/b18-10-/t11-/m0/s1. The molecule has 0 saturated heterocycles. The van der Waals surface area contributed by atoms with Crippen LogP contribution < -0.4 is 5.43 Å². The number of para-hydroxylation sites is 1. The summed E-state index contributed by atoms with van der Waals surface area (Å²) in [5.41, 5.74) is 4.15. The number of hydrogen-bond donors (Lipinski definition) is 1. The molecule has 0 aliphatic carbocycles. The highest BCUT2D eigenvalue weighted by molar-refractivity contribution is 5.85. The Morgan fingerprint density at radius 3 is 2.83 bits per heavy atom. The van der Waals surface area contributed by atoms with E-state index in [0.717, 1.165) is 5.52 Å². The topological polar surface area (TPSA) is 72.2 Å². The average Bonchev–Trinajstić information content (AvgIpc) is 3.00. The van der Waals surface area contributed by atoms with Gasteiger partial charge in [-0.2, -0.15) is 5.10 Å². The predicted octanol–water partition coefficient (Wildman–Crippen LogP) is 2.28. The third-order valence-electron chi connectivity index (χ3n) is 3.41. The van der Waals surface area contributed by atoms with Gasteiger partial charge in [-0.25, -0.2) is 14.5 Å². The first-order valence-corrected chi connectivity index (χ1v) is 7.04. The van der Waals surface area contributed by atoms with E-state index < -0.39 is 11.9 Å². The van der Waals surface area contributed by atoms with Crippen LogP contribution >= 0.6 is 0 Å². The first kappa shape index (κ1) is 14.8. The zero-order chi connectivity index (χ0) is 16.2. The summed E-state index contributed by atoms with van der Waals surface area (Å²) in [6, 6.07) is 12.9. The number of aromatic nitrogens is 3. The number of nitrogens with zero attached hydrogens (tertiary/aromatic N) is 4. The van der Waals surface area contributed by atoms with Crippen molar-refractivity contribution in [2.75, 3.05) is 0 Å².